The highest BCUT2D eigenvalue weighted by atomic mass is 16.7. The van der Waals surface area contributed by atoms with Crippen molar-refractivity contribution in [2.24, 2.45) is 0 Å². The third-order valence-corrected chi connectivity index (χ3v) is 5.10. The van der Waals surface area contributed by atoms with Gasteiger partial charge < -0.3 is 14.6 Å². The number of benzene rings is 1. The van der Waals surface area contributed by atoms with Gasteiger partial charge in [0, 0.05) is 6.42 Å². The molecule has 0 aromatic heterocycles. The van der Waals surface area contributed by atoms with Crippen LogP contribution in [0.25, 0.3) is 0 Å². The van der Waals surface area contributed by atoms with Gasteiger partial charge in [0.2, 0.25) is 5.91 Å². The molecular weight excluding hydrogens is 277 g/mol. The molecule has 0 bridgehead atoms. The SMILES string of the molecule is CC1(C)OB(c2ccc(C3CCCC(=O)N3)cc2)OC1(C)C. The molecule has 1 atom stereocenters. The average molecular weight is 301 g/mol. The second kappa shape index (κ2) is 5.39. The maximum atomic E-state index is 11.5. The molecule has 0 aliphatic carbocycles. The molecular formula is C17H24BNO3. The number of hydrogen-bond acceptors (Lipinski definition) is 3. The van der Waals surface area contributed by atoms with Crippen molar-refractivity contribution in [1.82, 2.24) is 5.32 Å². The van der Waals surface area contributed by atoms with Gasteiger partial charge in [0.05, 0.1) is 17.2 Å². The molecule has 2 aliphatic heterocycles. The first kappa shape index (κ1) is 15.6. The van der Waals surface area contributed by atoms with E-state index in [2.05, 4.69) is 45.1 Å². The molecule has 1 unspecified atom stereocenters. The minimum absolute atomic E-state index is 0.133. The molecule has 0 saturated carbocycles. The maximum Gasteiger partial charge on any atom is 0.494 e. The highest BCUT2D eigenvalue weighted by Gasteiger charge is 2.51. The Morgan fingerprint density at radius 2 is 1.68 bits per heavy atom. The van der Waals surface area contributed by atoms with Gasteiger partial charge in [-0.3, -0.25) is 4.79 Å². The second-order valence-corrected chi connectivity index (χ2v) is 7.27. The Morgan fingerprint density at radius 1 is 1.09 bits per heavy atom. The molecule has 2 saturated heterocycles. The average Bonchev–Trinajstić information content (AvgIpc) is 2.68. The fourth-order valence-corrected chi connectivity index (χ4v) is 2.92. The quantitative estimate of drug-likeness (QED) is 0.853. The Bertz CT molecular complexity index is 552. The molecule has 1 N–H and O–H groups in total. The molecule has 1 aromatic carbocycles. The van der Waals surface area contributed by atoms with Crippen LogP contribution in [0.5, 0.6) is 0 Å². The zero-order valence-corrected chi connectivity index (χ0v) is 13.8. The van der Waals surface area contributed by atoms with Gasteiger partial charge in [0.15, 0.2) is 0 Å². The smallest absolute Gasteiger partial charge is 0.399 e. The summed E-state index contributed by atoms with van der Waals surface area (Å²) in [6.45, 7) is 8.22. The lowest BCUT2D eigenvalue weighted by Gasteiger charge is -2.32. The number of piperidine rings is 1. The minimum Gasteiger partial charge on any atom is -0.399 e. The third kappa shape index (κ3) is 2.80. The Kier molecular flexibility index (Phi) is 3.81. The normalized spacial score (nSPS) is 26.8. The standard InChI is InChI=1S/C17H24BNO3/c1-16(2)17(3,4)22-18(21-16)13-10-8-12(9-11-13)14-6-5-7-15(20)19-14/h8-11,14H,5-7H2,1-4H3,(H,19,20). The summed E-state index contributed by atoms with van der Waals surface area (Å²) in [6.07, 6.45) is 2.60. The molecule has 2 fully saturated rings. The van der Waals surface area contributed by atoms with Crippen LogP contribution in [0.2, 0.25) is 0 Å². The van der Waals surface area contributed by atoms with Gasteiger partial charge in [-0.25, -0.2) is 0 Å². The topological polar surface area (TPSA) is 47.6 Å². The number of hydrogen-bond donors (Lipinski definition) is 1. The molecule has 0 spiro atoms. The maximum absolute atomic E-state index is 11.5. The lowest BCUT2D eigenvalue weighted by Crippen LogP contribution is -2.41. The van der Waals surface area contributed by atoms with Crippen molar-refractivity contribution in [2.45, 2.75) is 64.2 Å². The van der Waals surface area contributed by atoms with Crippen molar-refractivity contribution in [1.29, 1.82) is 0 Å². The summed E-state index contributed by atoms with van der Waals surface area (Å²) in [6, 6.07) is 8.35. The molecule has 4 nitrogen and oxygen atoms in total. The summed E-state index contributed by atoms with van der Waals surface area (Å²) in [7, 11) is -0.333. The van der Waals surface area contributed by atoms with E-state index in [9.17, 15) is 4.79 Å². The molecule has 2 heterocycles. The van der Waals surface area contributed by atoms with E-state index >= 15 is 0 Å². The van der Waals surface area contributed by atoms with Crippen molar-refractivity contribution in [3.63, 3.8) is 0 Å². The lowest BCUT2D eigenvalue weighted by molar-refractivity contribution is -0.123. The first-order valence-electron chi connectivity index (χ1n) is 8.03. The van der Waals surface area contributed by atoms with E-state index < -0.39 is 0 Å². The first-order chi connectivity index (χ1) is 10.3. The van der Waals surface area contributed by atoms with Gasteiger partial charge in [-0.1, -0.05) is 24.3 Å². The van der Waals surface area contributed by atoms with Gasteiger partial charge in [-0.2, -0.15) is 0 Å². The van der Waals surface area contributed by atoms with E-state index in [1.807, 2.05) is 12.1 Å². The summed E-state index contributed by atoms with van der Waals surface area (Å²) in [5.74, 6) is 0.145. The van der Waals surface area contributed by atoms with Gasteiger partial charge >= 0.3 is 7.12 Å². The summed E-state index contributed by atoms with van der Waals surface area (Å²) < 4.78 is 12.1. The van der Waals surface area contributed by atoms with Gasteiger partial charge in [-0.15, -0.1) is 0 Å². The van der Waals surface area contributed by atoms with Gasteiger partial charge in [0.1, 0.15) is 0 Å². The molecule has 22 heavy (non-hydrogen) atoms. The van der Waals surface area contributed by atoms with Crippen LogP contribution in [0.1, 0.15) is 58.6 Å². The first-order valence-corrected chi connectivity index (χ1v) is 8.03. The van der Waals surface area contributed by atoms with Crippen molar-refractivity contribution >= 4 is 18.5 Å². The number of rotatable bonds is 2. The van der Waals surface area contributed by atoms with E-state index in [4.69, 9.17) is 9.31 Å². The number of carbonyl (C=O) groups is 1. The monoisotopic (exact) mass is 301 g/mol. The van der Waals surface area contributed by atoms with Crippen molar-refractivity contribution in [3.05, 3.63) is 29.8 Å². The summed E-state index contributed by atoms with van der Waals surface area (Å²) in [4.78, 5) is 11.5. The second-order valence-electron chi connectivity index (χ2n) is 7.27. The van der Waals surface area contributed by atoms with Crippen LogP contribution < -0.4 is 10.8 Å². The van der Waals surface area contributed by atoms with Crippen LogP contribution in [0.15, 0.2) is 24.3 Å². The Balaban J connectivity index is 1.74. The Hall–Kier alpha value is -1.33. The summed E-state index contributed by atoms with van der Waals surface area (Å²) in [5, 5.41) is 3.05. The van der Waals surface area contributed by atoms with Gasteiger partial charge in [0.25, 0.3) is 0 Å². The highest BCUT2D eigenvalue weighted by molar-refractivity contribution is 6.62. The number of nitrogens with one attached hydrogen (secondary N) is 1. The molecule has 5 heteroatoms. The predicted octanol–water partition coefficient (Wildman–Crippen LogP) is 2.33. The van der Waals surface area contributed by atoms with E-state index in [-0.39, 0.29) is 30.3 Å². The lowest BCUT2D eigenvalue weighted by atomic mass is 9.78. The van der Waals surface area contributed by atoms with Crippen molar-refractivity contribution in [3.8, 4) is 0 Å². The highest BCUT2D eigenvalue weighted by Crippen LogP contribution is 2.36. The van der Waals surface area contributed by atoms with E-state index in [1.165, 1.54) is 0 Å². The van der Waals surface area contributed by atoms with Crippen molar-refractivity contribution < 1.29 is 14.1 Å². The summed E-state index contributed by atoms with van der Waals surface area (Å²) >= 11 is 0. The van der Waals surface area contributed by atoms with Crippen LogP contribution in [0.4, 0.5) is 0 Å². The largest absolute Gasteiger partial charge is 0.494 e. The number of carbonyl (C=O) groups excluding carboxylic acids is 1. The molecule has 1 amide bonds. The Labute approximate surface area is 132 Å². The van der Waals surface area contributed by atoms with Crippen LogP contribution in [-0.4, -0.2) is 24.2 Å². The van der Waals surface area contributed by atoms with E-state index in [0.29, 0.717) is 6.42 Å². The zero-order valence-electron chi connectivity index (χ0n) is 13.8. The van der Waals surface area contributed by atoms with Crippen LogP contribution >= 0.6 is 0 Å². The minimum atomic E-state index is -0.333. The van der Waals surface area contributed by atoms with Gasteiger partial charge in [-0.05, 0) is 51.6 Å². The van der Waals surface area contributed by atoms with Crippen LogP contribution in [0, 0.1) is 0 Å². The molecule has 1 aromatic rings. The molecule has 118 valence electrons. The third-order valence-electron chi connectivity index (χ3n) is 5.10. The number of amides is 1. The predicted molar refractivity (Wildman–Crippen MR) is 86.9 cm³/mol. The Morgan fingerprint density at radius 3 is 2.23 bits per heavy atom. The van der Waals surface area contributed by atoms with E-state index in [1.54, 1.807) is 0 Å². The summed E-state index contributed by atoms with van der Waals surface area (Å²) in [5.41, 5.74) is 1.51. The molecule has 3 rings (SSSR count). The zero-order chi connectivity index (χ0) is 16.0. The van der Waals surface area contributed by atoms with Crippen molar-refractivity contribution in [2.75, 3.05) is 0 Å². The van der Waals surface area contributed by atoms with Crippen LogP contribution in [-0.2, 0) is 14.1 Å². The van der Waals surface area contributed by atoms with E-state index in [0.717, 1.165) is 23.9 Å². The molecule has 2 aliphatic rings. The molecule has 0 radical (unpaired) electrons. The fraction of sp³-hybridized carbons (Fsp3) is 0.588. The van der Waals surface area contributed by atoms with Crippen LogP contribution in [0.3, 0.4) is 0 Å². The fourth-order valence-electron chi connectivity index (χ4n) is 2.92.